The number of carbonyl (C=O) groups excluding carboxylic acids is 1. The van der Waals surface area contributed by atoms with Gasteiger partial charge in [0.1, 0.15) is 0 Å². The maximum Gasteiger partial charge on any atom is 0.254 e. The van der Waals surface area contributed by atoms with E-state index in [0.29, 0.717) is 17.5 Å². The van der Waals surface area contributed by atoms with Gasteiger partial charge in [-0.2, -0.15) is 16.4 Å². The predicted octanol–water partition coefficient (Wildman–Crippen LogP) is 3.26. The fourth-order valence-corrected chi connectivity index (χ4v) is 3.41. The number of hydrogen-bond donors (Lipinski definition) is 2. The first-order chi connectivity index (χ1) is 11.1. The molecule has 1 saturated carbocycles. The molecule has 1 aliphatic rings. The fourth-order valence-electron chi connectivity index (χ4n) is 2.70. The van der Waals surface area contributed by atoms with E-state index in [-0.39, 0.29) is 12.5 Å². The van der Waals surface area contributed by atoms with Crippen LogP contribution in [0, 0.1) is 0 Å². The van der Waals surface area contributed by atoms with Crippen molar-refractivity contribution in [2.75, 3.05) is 6.54 Å². The van der Waals surface area contributed by atoms with Gasteiger partial charge < -0.3 is 10.4 Å². The molecular weight excluding hydrogens is 310 g/mol. The quantitative estimate of drug-likeness (QED) is 0.817. The van der Waals surface area contributed by atoms with Crippen molar-refractivity contribution < 1.29 is 9.90 Å². The Kier molecular flexibility index (Phi) is 4.82. The van der Waals surface area contributed by atoms with Crippen molar-refractivity contribution in [2.45, 2.75) is 51.2 Å². The predicted molar refractivity (Wildman–Crippen MR) is 90.8 cm³/mol. The van der Waals surface area contributed by atoms with E-state index in [1.807, 2.05) is 21.5 Å². The molecule has 124 valence electrons. The lowest BCUT2D eigenvalue weighted by molar-refractivity contribution is 0.0915. The lowest BCUT2D eigenvalue weighted by atomic mass is 10.1. The SMILES string of the molecule is CCC(C)n1ncc(C(=O)NCC(O)c2ccsc2)c1C1CC1. The summed E-state index contributed by atoms with van der Waals surface area (Å²) in [6.45, 7) is 4.47. The molecule has 1 aliphatic carbocycles. The van der Waals surface area contributed by atoms with Crippen LogP contribution in [0.2, 0.25) is 0 Å². The van der Waals surface area contributed by atoms with Gasteiger partial charge in [0, 0.05) is 18.5 Å². The smallest absolute Gasteiger partial charge is 0.254 e. The van der Waals surface area contributed by atoms with Crippen LogP contribution in [0.25, 0.3) is 0 Å². The van der Waals surface area contributed by atoms with Crippen LogP contribution in [0.3, 0.4) is 0 Å². The molecule has 3 rings (SSSR count). The third-order valence-corrected chi connectivity index (χ3v) is 5.14. The molecule has 23 heavy (non-hydrogen) atoms. The summed E-state index contributed by atoms with van der Waals surface area (Å²) in [5.41, 5.74) is 2.56. The van der Waals surface area contributed by atoms with Crippen LogP contribution in [0.4, 0.5) is 0 Å². The minimum absolute atomic E-state index is 0.143. The Morgan fingerprint density at radius 1 is 1.57 bits per heavy atom. The van der Waals surface area contributed by atoms with Crippen molar-refractivity contribution in [1.29, 1.82) is 0 Å². The lowest BCUT2D eigenvalue weighted by Crippen LogP contribution is -2.29. The Labute approximate surface area is 140 Å². The van der Waals surface area contributed by atoms with Gasteiger partial charge in [0.25, 0.3) is 5.91 Å². The molecule has 2 aromatic heterocycles. The van der Waals surface area contributed by atoms with Gasteiger partial charge >= 0.3 is 0 Å². The third-order valence-electron chi connectivity index (χ3n) is 4.43. The molecule has 2 atom stereocenters. The molecule has 0 bridgehead atoms. The van der Waals surface area contributed by atoms with Crippen LogP contribution < -0.4 is 5.32 Å². The van der Waals surface area contributed by atoms with E-state index in [1.54, 1.807) is 6.20 Å². The molecule has 2 N–H and O–H groups in total. The van der Waals surface area contributed by atoms with Gasteiger partial charge in [-0.25, -0.2) is 0 Å². The molecule has 0 spiro atoms. The topological polar surface area (TPSA) is 67.2 Å². The van der Waals surface area contributed by atoms with E-state index in [2.05, 4.69) is 24.3 Å². The first-order valence-electron chi connectivity index (χ1n) is 8.17. The van der Waals surface area contributed by atoms with Crippen LogP contribution >= 0.6 is 11.3 Å². The summed E-state index contributed by atoms with van der Waals surface area (Å²) in [7, 11) is 0. The number of carbonyl (C=O) groups is 1. The monoisotopic (exact) mass is 333 g/mol. The van der Waals surface area contributed by atoms with Crippen LogP contribution in [0.15, 0.2) is 23.0 Å². The van der Waals surface area contributed by atoms with Gasteiger partial charge in [0.2, 0.25) is 0 Å². The van der Waals surface area contributed by atoms with E-state index in [1.165, 1.54) is 11.3 Å². The molecule has 6 heteroatoms. The van der Waals surface area contributed by atoms with Crippen molar-refractivity contribution in [3.05, 3.63) is 39.8 Å². The van der Waals surface area contributed by atoms with Crippen molar-refractivity contribution in [1.82, 2.24) is 15.1 Å². The Hall–Kier alpha value is -1.66. The van der Waals surface area contributed by atoms with E-state index in [9.17, 15) is 9.90 Å². The molecule has 1 fully saturated rings. The number of amides is 1. The van der Waals surface area contributed by atoms with Crippen LogP contribution in [-0.2, 0) is 0 Å². The summed E-state index contributed by atoms with van der Waals surface area (Å²) in [6.07, 6.45) is 4.24. The Morgan fingerprint density at radius 3 is 2.96 bits per heavy atom. The summed E-state index contributed by atoms with van der Waals surface area (Å²) >= 11 is 1.54. The first-order valence-corrected chi connectivity index (χ1v) is 9.11. The molecule has 0 aromatic carbocycles. The minimum Gasteiger partial charge on any atom is -0.387 e. The molecule has 1 amide bonds. The summed E-state index contributed by atoms with van der Waals surface area (Å²) in [6, 6.07) is 2.17. The van der Waals surface area contributed by atoms with Crippen molar-refractivity contribution >= 4 is 17.2 Å². The highest BCUT2D eigenvalue weighted by molar-refractivity contribution is 7.07. The maximum absolute atomic E-state index is 12.5. The van der Waals surface area contributed by atoms with Crippen molar-refractivity contribution in [3.63, 3.8) is 0 Å². The number of aromatic nitrogens is 2. The third kappa shape index (κ3) is 3.48. The second-order valence-electron chi connectivity index (χ2n) is 6.20. The van der Waals surface area contributed by atoms with Gasteiger partial charge in [-0.3, -0.25) is 9.48 Å². The summed E-state index contributed by atoms with van der Waals surface area (Å²) < 4.78 is 2.00. The van der Waals surface area contributed by atoms with E-state index < -0.39 is 6.10 Å². The molecule has 0 aliphatic heterocycles. The zero-order valence-electron chi connectivity index (χ0n) is 13.5. The summed E-state index contributed by atoms with van der Waals surface area (Å²) in [4.78, 5) is 12.5. The second-order valence-corrected chi connectivity index (χ2v) is 6.98. The number of nitrogens with zero attached hydrogens (tertiary/aromatic N) is 2. The van der Waals surface area contributed by atoms with Gasteiger partial charge in [-0.15, -0.1) is 0 Å². The number of aliphatic hydroxyl groups excluding tert-OH is 1. The van der Waals surface area contributed by atoms with Gasteiger partial charge in [-0.1, -0.05) is 6.92 Å². The number of rotatable bonds is 7. The first kappa shape index (κ1) is 16.2. The minimum atomic E-state index is -0.667. The summed E-state index contributed by atoms with van der Waals surface area (Å²) in [5, 5.41) is 21.2. The highest BCUT2D eigenvalue weighted by Gasteiger charge is 2.33. The number of hydrogen-bond acceptors (Lipinski definition) is 4. The van der Waals surface area contributed by atoms with Crippen molar-refractivity contribution in [2.24, 2.45) is 0 Å². The van der Waals surface area contributed by atoms with Gasteiger partial charge in [0.05, 0.1) is 23.6 Å². The maximum atomic E-state index is 12.5. The largest absolute Gasteiger partial charge is 0.387 e. The standard InChI is InChI=1S/C17H23N3O2S/c1-3-11(2)20-16(12-4-5-12)14(8-19-20)17(22)18-9-15(21)13-6-7-23-10-13/h6-8,10-12,15,21H,3-5,9H2,1-2H3,(H,18,22). The number of nitrogens with one attached hydrogen (secondary N) is 1. The zero-order valence-corrected chi connectivity index (χ0v) is 14.3. The average Bonchev–Trinajstić information content (AvgIpc) is 3.08. The summed E-state index contributed by atoms with van der Waals surface area (Å²) in [5.74, 6) is 0.310. The normalized spacial score (nSPS) is 17.0. The number of aliphatic hydroxyl groups is 1. The Morgan fingerprint density at radius 2 is 2.35 bits per heavy atom. The highest BCUT2D eigenvalue weighted by atomic mass is 32.1. The van der Waals surface area contributed by atoms with E-state index >= 15 is 0 Å². The van der Waals surface area contributed by atoms with E-state index in [4.69, 9.17) is 0 Å². The van der Waals surface area contributed by atoms with E-state index in [0.717, 1.165) is 30.5 Å². The molecule has 5 nitrogen and oxygen atoms in total. The lowest BCUT2D eigenvalue weighted by Gasteiger charge is -2.15. The molecule has 2 unspecified atom stereocenters. The molecule has 0 saturated heterocycles. The van der Waals surface area contributed by atoms with Crippen molar-refractivity contribution in [3.8, 4) is 0 Å². The van der Waals surface area contributed by atoms with Crippen LogP contribution in [-0.4, -0.2) is 27.3 Å². The van der Waals surface area contributed by atoms with Gasteiger partial charge in [-0.05, 0) is 48.6 Å². The molecule has 2 aromatic rings. The average molecular weight is 333 g/mol. The van der Waals surface area contributed by atoms with Gasteiger partial charge in [0.15, 0.2) is 0 Å². The molecule has 2 heterocycles. The zero-order chi connectivity index (χ0) is 16.4. The molecule has 0 radical (unpaired) electrons. The number of thiophene rings is 1. The van der Waals surface area contributed by atoms with Crippen LogP contribution in [0.5, 0.6) is 0 Å². The Balaban J connectivity index is 1.71. The Bertz CT molecular complexity index is 661. The molecular formula is C17H23N3O2S. The fraction of sp³-hybridized carbons (Fsp3) is 0.529. The highest BCUT2D eigenvalue weighted by Crippen LogP contribution is 2.42. The second kappa shape index (κ2) is 6.84. The van der Waals surface area contributed by atoms with Crippen LogP contribution in [0.1, 0.15) is 72.8 Å².